The van der Waals surface area contributed by atoms with Crippen LogP contribution in [0.25, 0.3) is 0 Å². The number of carbonyl (C=O) groups excluding carboxylic acids is 1. The first-order chi connectivity index (χ1) is 9.81. The number of rotatable bonds is 5. The summed E-state index contributed by atoms with van der Waals surface area (Å²) in [6.07, 6.45) is -7.42. The van der Waals surface area contributed by atoms with E-state index in [0.717, 1.165) is 0 Å². The molecule has 21 heavy (non-hydrogen) atoms. The van der Waals surface area contributed by atoms with Gasteiger partial charge in [0.2, 0.25) is 12.0 Å². The Balaban J connectivity index is 2.88. The Hall–Kier alpha value is -1.08. The van der Waals surface area contributed by atoms with Crippen molar-refractivity contribution in [3.8, 4) is 0 Å². The van der Waals surface area contributed by atoms with Crippen molar-refractivity contribution < 1.29 is 35.1 Å². The second kappa shape index (κ2) is 7.26. The van der Waals surface area contributed by atoms with E-state index in [0.29, 0.717) is 5.01 Å². The molecule has 122 valence electrons. The van der Waals surface area contributed by atoms with Gasteiger partial charge in [-0.05, 0) is 0 Å². The maximum Gasteiger partial charge on any atom is 0.342 e. The van der Waals surface area contributed by atoms with Crippen LogP contribution >= 0.6 is 11.6 Å². The number of hydrogen-bond acceptors (Lipinski definition) is 9. The van der Waals surface area contributed by atoms with Crippen LogP contribution in [0.1, 0.15) is 0 Å². The highest BCUT2D eigenvalue weighted by atomic mass is 35.5. The van der Waals surface area contributed by atoms with E-state index in [2.05, 4.69) is 10.0 Å². The summed E-state index contributed by atoms with van der Waals surface area (Å²) >= 11 is 5.34. The zero-order valence-electron chi connectivity index (χ0n) is 10.7. The highest BCUT2D eigenvalue weighted by molar-refractivity contribution is 6.18. The Morgan fingerprint density at radius 1 is 1.43 bits per heavy atom. The van der Waals surface area contributed by atoms with Gasteiger partial charge in [0.25, 0.3) is 0 Å². The Kier molecular flexibility index (Phi) is 6.22. The van der Waals surface area contributed by atoms with Crippen LogP contribution < -0.4 is 5.32 Å². The highest BCUT2D eigenvalue weighted by Crippen LogP contribution is 2.27. The zero-order valence-corrected chi connectivity index (χ0v) is 11.4. The van der Waals surface area contributed by atoms with E-state index in [-0.39, 0.29) is 12.4 Å². The molecule has 1 aliphatic heterocycles. The molecule has 0 bridgehead atoms. The van der Waals surface area contributed by atoms with Crippen LogP contribution in [0.4, 0.5) is 4.79 Å². The molecule has 5 atom stereocenters. The number of hydrogen-bond donors (Lipinski definition) is 6. The van der Waals surface area contributed by atoms with Gasteiger partial charge in [0.1, 0.15) is 18.3 Å². The van der Waals surface area contributed by atoms with Crippen LogP contribution in [-0.4, -0.2) is 85.9 Å². The Morgan fingerprint density at radius 3 is 2.52 bits per heavy atom. The number of nitroso groups, excluding NO2 is 1. The summed E-state index contributed by atoms with van der Waals surface area (Å²) in [5, 5.41) is 52.4. The molecule has 1 fully saturated rings. The fraction of sp³-hybridized carbons (Fsp3) is 0.889. The monoisotopic (exact) mass is 329 g/mol. The van der Waals surface area contributed by atoms with Crippen LogP contribution in [0, 0.1) is 4.91 Å². The van der Waals surface area contributed by atoms with Crippen LogP contribution in [0.5, 0.6) is 0 Å². The SMILES string of the molecule is O=NN(CCCl)C(=O)N[C@]1(O)[C@@H](O)O[C@H](CO)[C@@H](O)[C@@H]1O. The van der Waals surface area contributed by atoms with Gasteiger partial charge in [0.15, 0.2) is 0 Å². The first-order valence-electron chi connectivity index (χ1n) is 5.83. The molecule has 1 heterocycles. The number of nitrogens with zero attached hydrogens (tertiary/aromatic N) is 2. The number of aliphatic hydroxyl groups excluding tert-OH is 4. The molecular formula is C9H16ClN3O8. The van der Waals surface area contributed by atoms with Crippen molar-refractivity contribution in [2.75, 3.05) is 19.0 Å². The van der Waals surface area contributed by atoms with Crippen molar-refractivity contribution in [3.63, 3.8) is 0 Å². The predicted octanol–water partition coefficient (Wildman–Crippen LogP) is -2.96. The van der Waals surface area contributed by atoms with Crippen LogP contribution in [0.2, 0.25) is 0 Å². The van der Waals surface area contributed by atoms with Crippen LogP contribution in [0.3, 0.4) is 0 Å². The summed E-state index contributed by atoms with van der Waals surface area (Å²) < 4.78 is 4.69. The van der Waals surface area contributed by atoms with E-state index in [1.807, 2.05) is 0 Å². The van der Waals surface area contributed by atoms with Crippen LogP contribution in [0.15, 0.2) is 5.29 Å². The van der Waals surface area contributed by atoms with Crippen molar-refractivity contribution in [1.82, 2.24) is 10.3 Å². The normalized spacial score (nSPS) is 36.1. The molecule has 2 amide bonds. The molecule has 0 radical (unpaired) electrons. The predicted molar refractivity (Wildman–Crippen MR) is 66.7 cm³/mol. The van der Waals surface area contributed by atoms with E-state index in [1.54, 1.807) is 5.32 Å². The van der Waals surface area contributed by atoms with E-state index in [1.165, 1.54) is 0 Å². The first kappa shape index (κ1) is 18.0. The second-order valence-electron chi connectivity index (χ2n) is 4.29. The lowest BCUT2D eigenvalue weighted by molar-refractivity contribution is -0.335. The standard InChI is InChI=1S/C9H16ClN3O8/c10-1-2-13(12-20)8(18)11-9(19)6(16)5(15)4(3-14)21-7(9)17/h4-7,14-17,19H,1-3H2,(H,11,18)/t4-,5-,6+,7+,9-/m1/s1. The Labute approximate surface area is 123 Å². The lowest BCUT2D eigenvalue weighted by Gasteiger charge is -2.45. The van der Waals surface area contributed by atoms with Crippen molar-refractivity contribution in [1.29, 1.82) is 0 Å². The van der Waals surface area contributed by atoms with Crippen molar-refractivity contribution >= 4 is 17.6 Å². The topological polar surface area (TPSA) is 172 Å². The number of aliphatic hydroxyl groups is 5. The zero-order chi connectivity index (χ0) is 16.2. The Bertz CT molecular complexity index is 388. The number of carbonyl (C=O) groups is 1. The smallest absolute Gasteiger partial charge is 0.342 e. The molecule has 1 aliphatic rings. The van der Waals surface area contributed by atoms with Gasteiger partial charge >= 0.3 is 6.03 Å². The lowest BCUT2D eigenvalue weighted by atomic mass is 9.93. The lowest BCUT2D eigenvalue weighted by Crippen LogP contribution is -2.74. The van der Waals surface area contributed by atoms with Gasteiger partial charge in [-0.1, -0.05) is 0 Å². The molecule has 0 aromatic heterocycles. The maximum atomic E-state index is 11.7. The minimum atomic E-state index is -2.81. The average Bonchev–Trinajstić information content (AvgIpc) is 2.46. The van der Waals surface area contributed by atoms with Gasteiger partial charge in [-0.3, -0.25) is 0 Å². The van der Waals surface area contributed by atoms with Crippen molar-refractivity contribution in [3.05, 3.63) is 4.91 Å². The van der Waals surface area contributed by atoms with E-state index >= 15 is 0 Å². The molecule has 0 aromatic carbocycles. The Morgan fingerprint density at radius 2 is 2.05 bits per heavy atom. The molecule has 0 aromatic rings. The molecule has 0 aliphatic carbocycles. The average molecular weight is 330 g/mol. The number of urea groups is 1. The molecule has 0 saturated carbocycles. The summed E-state index contributed by atoms with van der Waals surface area (Å²) in [4.78, 5) is 22.1. The van der Waals surface area contributed by atoms with E-state index in [9.17, 15) is 30.1 Å². The van der Waals surface area contributed by atoms with E-state index in [4.69, 9.17) is 16.7 Å². The molecule has 0 unspecified atom stereocenters. The first-order valence-corrected chi connectivity index (χ1v) is 6.37. The maximum absolute atomic E-state index is 11.7. The number of nitrogens with one attached hydrogen (secondary N) is 1. The summed E-state index contributed by atoms with van der Waals surface area (Å²) in [5.41, 5.74) is -2.81. The summed E-state index contributed by atoms with van der Waals surface area (Å²) in [6.45, 7) is -1.03. The number of halogens is 1. The van der Waals surface area contributed by atoms with Gasteiger partial charge in [-0.15, -0.1) is 16.5 Å². The van der Waals surface area contributed by atoms with Gasteiger partial charge in [-0.25, -0.2) is 4.79 Å². The third-order valence-corrected chi connectivity index (χ3v) is 3.12. The molecule has 1 saturated heterocycles. The largest absolute Gasteiger partial charge is 0.394 e. The second-order valence-corrected chi connectivity index (χ2v) is 4.67. The van der Waals surface area contributed by atoms with Gasteiger partial charge in [0, 0.05) is 5.88 Å². The van der Waals surface area contributed by atoms with Crippen molar-refractivity contribution in [2.24, 2.45) is 5.29 Å². The summed E-state index contributed by atoms with van der Waals surface area (Å²) in [6, 6.07) is -1.27. The van der Waals surface area contributed by atoms with Crippen LogP contribution in [-0.2, 0) is 4.74 Å². The number of amides is 2. The minimum absolute atomic E-state index is 0.131. The van der Waals surface area contributed by atoms with Gasteiger partial charge in [-0.2, -0.15) is 5.01 Å². The quantitative estimate of drug-likeness (QED) is 0.134. The summed E-state index contributed by atoms with van der Waals surface area (Å²) in [5.74, 6) is -0.131. The third-order valence-electron chi connectivity index (χ3n) is 2.95. The molecule has 12 heteroatoms. The number of ether oxygens (including phenoxy) is 1. The number of alkyl halides is 1. The molecule has 0 spiro atoms. The van der Waals surface area contributed by atoms with Gasteiger partial charge in [0.05, 0.1) is 18.4 Å². The van der Waals surface area contributed by atoms with Gasteiger partial charge < -0.3 is 35.6 Å². The minimum Gasteiger partial charge on any atom is -0.394 e. The van der Waals surface area contributed by atoms with Crippen molar-refractivity contribution in [2.45, 2.75) is 30.3 Å². The van der Waals surface area contributed by atoms with E-state index < -0.39 is 43.0 Å². The molecule has 1 rings (SSSR count). The summed E-state index contributed by atoms with van der Waals surface area (Å²) in [7, 11) is 0. The fourth-order valence-electron chi connectivity index (χ4n) is 1.74. The third kappa shape index (κ3) is 3.58. The molecule has 6 N–H and O–H groups in total. The molecular weight excluding hydrogens is 314 g/mol. The molecule has 11 nitrogen and oxygen atoms in total. The highest BCUT2D eigenvalue weighted by Gasteiger charge is 2.55. The fourth-order valence-corrected chi connectivity index (χ4v) is 1.90.